The molecule has 0 spiro atoms. The molecule has 11 nitrogen and oxygen atoms in total. The summed E-state index contributed by atoms with van der Waals surface area (Å²) in [5, 5.41) is 32.2. The Kier molecular flexibility index (Phi) is 9.15. The van der Waals surface area contributed by atoms with Crippen molar-refractivity contribution in [1.29, 1.82) is 5.26 Å². The second-order valence-electron chi connectivity index (χ2n) is 11.3. The zero-order valence-electron chi connectivity index (χ0n) is 23.9. The van der Waals surface area contributed by atoms with Crippen LogP contribution in [0.3, 0.4) is 0 Å². The maximum absolute atomic E-state index is 12.2. The number of halogens is 1. The van der Waals surface area contributed by atoms with Crippen LogP contribution in [0, 0.1) is 11.3 Å². The number of hydrogen-bond donors (Lipinski definition) is 3. The van der Waals surface area contributed by atoms with Gasteiger partial charge in [0.05, 0.1) is 45.7 Å². The zero-order chi connectivity index (χ0) is 29.9. The molecule has 1 aliphatic heterocycles. The molecule has 5 rings (SSSR count). The number of aliphatic hydroxyl groups is 1. The first-order valence-corrected chi connectivity index (χ1v) is 16.4. The Hall–Kier alpha value is -3.08. The third kappa shape index (κ3) is 6.76. The Morgan fingerprint density at radius 2 is 2.00 bits per heavy atom. The van der Waals surface area contributed by atoms with E-state index in [2.05, 4.69) is 31.8 Å². The molecule has 3 aromatic rings. The minimum Gasteiger partial charge on any atom is -0.389 e. The zero-order valence-corrected chi connectivity index (χ0v) is 25.5. The number of benzene rings is 1. The van der Waals surface area contributed by atoms with Gasteiger partial charge in [-0.05, 0) is 57.2 Å². The molecule has 1 aliphatic carbocycles. The number of piperidine rings is 1. The number of rotatable bonds is 9. The van der Waals surface area contributed by atoms with Gasteiger partial charge >= 0.3 is 0 Å². The van der Waals surface area contributed by atoms with E-state index >= 15 is 0 Å². The van der Waals surface area contributed by atoms with E-state index in [1.54, 1.807) is 24.0 Å². The molecule has 224 valence electrons. The monoisotopic (exact) mass is 612 g/mol. The van der Waals surface area contributed by atoms with Gasteiger partial charge in [0.1, 0.15) is 6.07 Å². The number of aromatic nitrogens is 4. The molecule has 1 aromatic carbocycles. The summed E-state index contributed by atoms with van der Waals surface area (Å²) < 4.78 is 27.5. The lowest BCUT2D eigenvalue weighted by atomic mass is 9.82. The number of hydrogen-bond acceptors (Lipinski definition) is 9. The van der Waals surface area contributed by atoms with Crippen LogP contribution in [0.25, 0.3) is 16.9 Å². The number of nitrogens with one attached hydrogen (secondary N) is 2. The van der Waals surface area contributed by atoms with Gasteiger partial charge in [-0.2, -0.15) is 10.4 Å². The van der Waals surface area contributed by atoms with Crippen molar-refractivity contribution >= 4 is 27.6 Å². The summed E-state index contributed by atoms with van der Waals surface area (Å²) in [4.78, 5) is 8.94. The lowest BCUT2D eigenvalue weighted by molar-refractivity contribution is -0.0105. The van der Waals surface area contributed by atoms with Gasteiger partial charge in [0.15, 0.2) is 0 Å². The molecular formula is C29H37ClN8O3S. The fourth-order valence-electron chi connectivity index (χ4n) is 5.70. The van der Waals surface area contributed by atoms with Gasteiger partial charge in [-0.1, -0.05) is 30.5 Å². The van der Waals surface area contributed by atoms with Crippen molar-refractivity contribution in [3.05, 3.63) is 52.9 Å². The normalized spacial score (nSPS) is 22.1. The highest BCUT2D eigenvalue weighted by Crippen LogP contribution is 2.30. The summed E-state index contributed by atoms with van der Waals surface area (Å²) in [7, 11) is -3.20. The maximum Gasteiger partial charge on any atom is 0.223 e. The van der Waals surface area contributed by atoms with Gasteiger partial charge in [-0.25, -0.2) is 27.4 Å². The highest BCUT2D eigenvalue weighted by molar-refractivity contribution is 7.89. The average molecular weight is 613 g/mol. The minimum absolute atomic E-state index is 0.0212. The van der Waals surface area contributed by atoms with E-state index in [1.165, 1.54) is 10.5 Å². The molecule has 13 heteroatoms. The summed E-state index contributed by atoms with van der Waals surface area (Å²) in [6.45, 7) is 5.04. The molecule has 0 amide bonds. The van der Waals surface area contributed by atoms with E-state index in [9.17, 15) is 18.8 Å². The highest BCUT2D eigenvalue weighted by Gasteiger charge is 2.34. The summed E-state index contributed by atoms with van der Waals surface area (Å²) in [5.74, 6) is 0.471. The maximum atomic E-state index is 12.2. The largest absolute Gasteiger partial charge is 0.389 e. The molecule has 1 saturated heterocycles. The van der Waals surface area contributed by atoms with Crippen LogP contribution in [-0.4, -0.2) is 74.1 Å². The molecule has 0 bridgehead atoms. The van der Waals surface area contributed by atoms with Gasteiger partial charge in [0, 0.05) is 43.5 Å². The average Bonchev–Trinajstić information content (AvgIpc) is 3.46. The quantitative estimate of drug-likeness (QED) is 0.327. The molecule has 2 aromatic heterocycles. The van der Waals surface area contributed by atoms with Crippen molar-refractivity contribution in [2.45, 2.75) is 76.6 Å². The third-order valence-electron chi connectivity index (χ3n) is 8.30. The Morgan fingerprint density at radius 3 is 2.69 bits per heavy atom. The van der Waals surface area contributed by atoms with E-state index in [0.717, 1.165) is 31.2 Å². The van der Waals surface area contributed by atoms with E-state index in [4.69, 9.17) is 11.6 Å². The first kappa shape index (κ1) is 30.4. The molecule has 2 fully saturated rings. The summed E-state index contributed by atoms with van der Waals surface area (Å²) in [5.41, 5.74) is 2.40. The van der Waals surface area contributed by atoms with Crippen molar-refractivity contribution in [2.75, 3.05) is 24.2 Å². The fraction of sp³-hybridized carbons (Fsp3) is 0.517. The predicted octanol–water partition coefficient (Wildman–Crippen LogP) is 3.86. The van der Waals surface area contributed by atoms with Crippen molar-refractivity contribution in [1.82, 2.24) is 29.4 Å². The van der Waals surface area contributed by atoms with Gasteiger partial charge in [0.2, 0.25) is 16.0 Å². The molecule has 0 radical (unpaired) electrons. The van der Waals surface area contributed by atoms with Crippen molar-refractivity contribution in [2.24, 2.45) is 0 Å². The van der Waals surface area contributed by atoms with E-state index < -0.39 is 15.6 Å². The number of anilines is 1. The summed E-state index contributed by atoms with van der Waals surface area (Å²) in [6, 6.07) is 8.00. The number of nitrogens with zero attached hydrogens (tertiary/aromatic N) is 6. The third-order valence-corrected chi connectivity index (χ3v) is 10.5. The molecule has 1 saturated carbocycles. The predicted molar refractivity (Wildman–Crippen MR) is 162 cm³/mol. The smallest absolute Gasteiger partial charge is 0.223 e. The molecule has 3 heterocycles. The van der Waals surface area contributed by atoms with Crippen LogP contribution >= 0.6 is 11.6 Å². The van der Waals surface area contributed by atoms with E-state index in [0.29, 0.717) is 66.0 Å². The van der Waals surface area contributed by atoms with Crippen LogP contribution in [0.15, 0.2) is 36.8 Å². The lowest BCUT2D eigenvalue weighted by Crippen LogP contribution is -2.50. The standard InChI is InChI=1S/C29H37ClN8O3S/c1-3-42(40,41)37-12-9-23(10-13-37)35-28-33-17-21(15-31)27(36-28)22-18-34-38(19-22)25-8-7-20(14-24(25)30)16-32-26-6-4-5-11-29(26,2)39/h7-8,14,17-19,23,26,32,39H,3-6,9-13,16H2,1-2H3,(H,33,35,36)/t26-,29-/m1/s1. The van der Waals surface area contributed by atoms with Crippen molar-refractivity contribution in [3.8, 4) is 23.0 Å². The number of sulfonamides is 1. The Bertz CT molecular complexity index is 1560. The highest BCUT2D eigenvalue weighted by atomic mass is 35.5. The van der Waals surface area contributed by atoms with Gasteiger partial charge in [-0.15, -0.1) is 0 Å². The Labute approximate surface area is 252 Å². The topological polar surface area (TPSA) is 149 Å². The van der Waals surface area contributed by atoms with E-state index in [1.807, 2.05) is 25.1 Å². The van der Waals surface area contributed by atoms with Crippen LogP contribution in [-0.2, 0) is 16.6 Å². The lowest BCUT2D eigenvalue weighted by Gasteiger charge is -2.37. The first-order valence-electron chi connectivity index (χ1n) is 14.4. The molecule has 2 atom stereocenters. The minimum atomic E-state index is -3.20. The van der Waals surface area contributed by atoms with E-state index in [-0.39, 0.29) is 17.8 Å². The first-order chi connectivity index (χ1) is 20.1. The fourth-order valence-corrected chi connectivity index (χ4v) is 7.12. The summed E-state index contributed by atoms with van der Waals surface area (Å²) in [6.07, 6.45) is 10.1. The molecule has 3 N–H and O–H groups in total. The van der Waals surface area contributed by atoms with Crippen LogP contribution < -0.4 is 10.6 Å². The molecule has 2 aliphatic rings. The molecule has 42 heavy (non-hydrogen) atoms. The van der Waals surface area contributed by atoms with Crippen LogP contribution in [0.1, 0.15) is 63.5 Å². The molecular weight excluding hydrogens is 576 g/mol. The Morgan fingerprint density at radius 1 is 1.21 bits per heavy atom. The van der Waals surface area contributed by atoms with Crippen LogP contribution in [0.2, 0.25) is 5.02 Å². The van der Waals surface area contributed by atoms with Gasteiger partial charge in [-0.3, -0.25) is 0 Å². The number of nitriles is 1. The second kappa shape index (κ2) is 12.7. The van der Waals surface area contributed by atoms with Crippen molar-refractivity contribution in [3.63, 3.8) is 0 Å². The SMILES string of the molecule is CCS(=O)(=O)N1CCC(Nc2ncc(C#N)c(-c3cnn(-c4ccc(CN[C@@H]5CCCC[C@@]5(C)O)cc4Cl)c3)n2)CC1. The molecule has 0 unspecified atom stereocenters. The Balaban J connectivity index is 1.27. The van der Waals surface area contributed by atoms with Crippen LogP contribution in [0.4, 0.5) is 5.95 Å². The van der Waals surface area contributed by atoms with Crippen molar-refractivity contribution < 1.29 is 13.5 Å². The van der Waals surface area contributed by atoms with Gasteiger partial charge < -0.3 is 15.7 Å². The summed E-state index contributed by atoms with van der Waals surface area (Å²) >= 11 is 6.67. The second-order valence-corrected chi connectivity index (χ2v) is 13.9. The van der Waals surface area contributed by atoms with Crippen LogP contribution in [0.5, 0.6) is 0 Å². The van der Waals surface area contributed by atoms with Gasteiger partial charge in [0.25, 0.3) is 0 Å².